The van der Waals surface area contributed by atoms with E-state index in [0.29, 0.717) is 12.7 Å². The first-order valence-corrected chi connectivity index (χ1v) is 9.98. The molecule has 2 atom stereocenters. The fourth-order valence-electron chi connectivity index (χ4n) is 1.74. The zero-order valence-corrected chi connectivity index (χ0v) is 14.8. The number of carbonyl (C=O) groups is 1. The molecule has 0 fully saturated rings. The molecule has 0 spiro atoms. The lowest BCUT2D eigenvalue weighted by atomic mass is 10.2. The fraction of sp³-hybridized carbons (Fsp3) is 0.867. The van der Waals surface area contributed by atoms with Gasteiger partial charge in [-0.2, -0.15) is 5.26 Å². The van der Waals surface area contributed by atoms with Gasteiger partial charge in [0.25, 0.3) is 0 Å². The summed E-state index contributed by atoms with van der Waals surface area (Å²) >= 11 is 0. The molecule has 0 saturated heterocycles. The van der Waals surface area contributed by atoms with Gasteiger partial charge in [-0.05, 0) is 24.9 Å². The molecule has 2 unspecified atom stereocenters. The lowest BCUT2D eigenvalue weighted by molar-refractivity contribution is -0.145. The number of ether oxygens (including phenoxy) is 1. The topological polar surface area (TPSA) is 59.3 Å². The van der Waals surface area contributed by atoms with Crippen LogP contribution in [0.1, 0.15) is 53.9 Å². The number of carbonyl (C=O) groups excluding carboxylic acids is 1. The molecule has 0 aliphatic heterocycles. The van der Waals surface area contributed by atoms with Crippen molar-refractivity contribution in [3.05, 3.63) is 0 Å². The number of esters is 1. The van der Waals surface area contributed by atoms with Gasteiger partial charge in [-0.15, -0.1) is 0 Å². The van der Waals surface area contributed by atoms with Gasteiger partial charge in [0.1, 0.15) is 0 Å². The Kier molecular flexibility index (Phi) is 8.07. The first-order chi connectivity index (χ1) is 9.16. The number of rotatable bonds is 8. The second-order valence-corrected chi connectivity index (χ2v) is 11.1. The fourth-order valence-corrected chi connectivity index (χ4v) is 3.98. The molecule has 20 heavy (non-hydrogen) atoms. The van der Waals surface area contributed by atoms with Crippen LogP contribution in [0.5, 0.6) is 0 Å². The summed E-state index contributed by atoms with van der Waals surface area (Å²) in [4.78, 5) is 11.7. The molecule has 0 heterocycles. The average Bonchev–Trinajstić information content (AvgIpc) is 2.27. The zero-order chi connectivity index (χ0) is 15.8. The highest BCUT2D eigenvalue weighted by Crippen LogP contribution is 2.40. The lowest BCUT2D eigenvalue weighted by Crippen LogP contribution is -2.46. The van der Waals surface area contributed by atoms with Gasteiger partial charge in [0.2, 0.25) is 8.32 Å². The second-order valence-electron chi connectivity index (χ2n) is 6.52. The van der Waals surface area contributed by atoms with E-state index in [1.165, 1.54) is 0 Å². The van der Waals surface area contributed by atoms with E-state index in [1.807, 2.05) is 6.92 Å². The van der Waals surface area contributed by atoms with Crippen molar-refractivity contribution in [2.45, 2.75) is 77.6 Å². The van der Waals surface area contributed by atoms with Gasteiger partial charge in [-0.3, -0.25) is 4.79 Å². The summed E-state index contributed by atoms with van der Waals surface area (Å²) in [5, 5.41) is 8.98. The monoisotopic (exact) mass is 299 g/mol. The molecule has 0 aliphatic rings. The van der Waals surface area contributed by atoms with E-state index < -0.39 is 8.32 Å². The molecule has 0 aromatic rings. The molecule has 0 N–H and O–H groups in total. The molecular formula is C15H29NO3Si. The van der Waals surface area contributed by atoms with Crippen molar-refractivity contribution < 1.29 is 14.0 Å². The van der Waals surface area contributed by atoms with Gasteiger partial charge in [-0.25, -0.2) is 0 Å². The molecule has 0 saturated carbocycles. The van der Waals surface area contributed by atoms with Crippen LogP contribution in [-0.4, -0.2) is 27.0 Å². The van der Waals surface area contributed by atoms with Gasteiger partial charge in [0.05, 0.1) is 31.2 Å². The quantitative estimate of drug-likeness (QED) is 0.386. The van der Waals surface area contributed by atoms with Crippen molar-refractivity contribution in [2.24, 2.45) is 0 Å². The smallest absolute Gasteiger partial charge is 0.308 e. The van der Waals surface area contributed by atoms with E-state index in [1.54, 1.807) is 0 Å². The third-order valence-electron chi connectivity index (χ3n) is 3.68. The Labute approximate surface area is 124 Å². The van der Waals surface area contributed by atoms with Crippen molar-refractivity contribution in [3.8, 4) is 6.07 Å². The van der Waals surface area contributed by atoms with Crippen LogP contribution in [0, 0.1) is 11.3 Å². The molecule has 0 aromatic carbocycles. The van der Waals surface area contributed by atoms with E-state index in [0.717, 1.165) is 12.8 Å². The van der Waals surface area contributed by atoms with Crippen LogP contribution in [0.3, 0.4) is 0 Å². The maximum absolute atomic E-state index is 11.7. The molecular weight excluding hydrogens is 270 g/mol. The van der Waals surface area contributed by atoms with Crippen molar-refractivity contribution in [1.29, 1.82) is 5.26 Å². The van der Waals surface area contributed by atoms with Crippen molar-refractivity contribution in [1.82, 2.24) is 0 Å². The molecule has 4 nitrogen and oxygen atoms in total. The number of hydrogen-bond donors (Lipinski definition) is 0. The summed E-state index contributed by atoms with van der Waals surface area (Å²) in [7, 11) is -2.19. The van der Waals surface area contributed by atoms with Gasteiger partial charge in [-0.1, -0.05) is 34.1 Å². The van der Waals surface area contributed by atoms with Crippen LogP contribution in [0.2, 0.25) is 17.6 Å². The van der Waals surface area contributed by atoms with Gasteiger partial charge < -0.3 is 9.16 Å². The van der Waals surface area contributed by atoms with E-state index in [9.17, 15) is 4.79 Å². The molecule has 5 heteroatoms. The average molecular weight is 299 g/mol. The molecule has 0 radical (unpaired) electrons. The van der Waals surface area contributed by atoms with Crippen LogP contribution < -0.4 is 0 Å². The Morgan fingerprint density at radius 1 is 1.40 bits per heavy atom. The van der Waals surface area contributed by atoms with Gasteiger partial charge in [0.15, 0.2) is 0 Å². The summed E-state index contributed by atoms with van der Waals surface area (Å²) in [6.07, 6.45) is 1.96. The van der Waals surface area contributed by atoms with Crippen molar-refractivity contribution >= 4 is 14.3 Å². The summed E-state index contributed by atoms with van der Waals surface area (Å²) in [5.74, 6) is -0.215. The number of hydrogen-bond acceptors (Lipinski definition) is 4. The molecule has 0 aromatic heterocycles. The normalized spacial score (nSPS) is 16.1. The Bertz CT molecular complexity index is 346. The summed E-state index contributed by atoms with van der Waals surface area (Å²) in [5.41, 5.74) is 0. The Balaban J connectivity index is 4.45. The highest BCUT2D eigenvalue weighted by molar-refractivity contribution is 6.76. The van der Waals surface area contributed by atoms with Gasteiger partial charge >= 0.3 is 5.97 Å². The van der Waals surface area contributed by atoms with Crippen LogP contribution >= 0.6 is 0 Å². The molecule has 0 amide bonds. The van der Waals surface area contributed by atoms with E-state index in [-0.39, 0.29) is 23.5 Å². The second kappa shape index (κ2) is 8.43. The minimum absolute atomic E-state index is 0.0386. The van der Waals surface area contributed by atoms with Gasteiger partial charge in [0, 0.05) is 0 Å². The summed E-state index contributed by atoms with van der Waals surface area (Å²) in [6.45, 7) is 12.8. The third-order valence-corrected chi connectivity index (χ3v) is 8.61. The number of unbranched alkanes of at least 4 members (excludes halogenated alkanes) is 1. The Morgan fingerprint density at radius 3 is 2.45 bits per heavy atom. The predicted molar refractivity (Wildman–Crippen MR) is 82.8 cm³/mol. The van der Waals surface area contributed by atoms with Crippen LogP contribution in [0.25, 0.3) is 0 Å². The number of nitriles is 1. The largest absolute Gasteiger partial charge is 0.466 e. The Morgan fingerprint density at radius 2 is 2.00 bits per heavy atom. The van der Waals surface area contributed by atoms with Crippen LogP contribution in [-0.2, 0) is 14.0 Å². The van der Waals surface area contributed by atoms with Crippen molar-refractivity contribution in [2.75, 3.05) is 6.61 Å². The number of nitrogens with zero attached hydrogens (tertiary/aromatic N) is 1. The lowest BCUT2D eigenvalue weighted by Gasteiger charge is -2.39. The first kappa shape index (κ1) is 19.1. The molecule has 0 bridgehead atoms. The summed E-state index contributed by atoms with van der Waals surface area (Å²) in [6, 6.07) is 2.67. The van der Waals surface area contributed by atoms with Crippen molar-refractivity contribution in [3.63, 3.8) is 0 Å². The summed E-state index contributed by atoms with van der Waals surface area (Å²) < 4.78 is 11.3. The van der Waals surface area contributed by atoms with E-state index in [4.69, 9.17) is 14.4 Å². The van der Waals surface area contributed by atoms with Crippen LogP contribution in [0.15, 0.2) is 0 Å². The SMILES string of the molecule is CCCCOC(=O)CC(C)O[Si](C)(CC#N)C(C)(C)C. The van der Waals surface area contributed by atoms with E-state index >= 15 is 0 Å². The molecule has 116 valence electrons. The Hall–Kier alpha value is -0.863. The molecule has 0 rings (SSSR count). The third kappa shape index (κ3) is 6.53. The minimum Gasteiger partial charge on any atom is -0.466 e. The standard InChI is InChI=1S/C15H29NO3Si/c1-7-8-10-18-14(17)12-13(2)19-20(6,11-9-16)15(3,4)5/h13H,7-8,10-12H2,1-6H3. The zero-order valence-electron chi connectivity index (χ0n) is 13.8. The first-order valence-electron chi connectivity index (χ1n) is 7.36. The minimum atomic E-state index is -2.19. The maximum Gasteiger partial charge on any atom is 0.308 e. The predicted octanol–water partition coefficient (Wildman–Crippen LogP) is 4.02. The highest BCUT2D eigenvalue weighted by atomic mass is 28.4. The highest BCUT2D eigenvalue weighted by Gasteiger charge is 2.43. The maximum atomic E-state index is 11.7. The molecule has 0 aliphatic carbocycles. The van der Waals surface area contributed by atoms with E-state index in [2.05, 4.69) is 40.3 Å². The van der Waals surface area contributed by atoms with Crippen LogP contribution in [0.4, 0.5) is 0 Å².